The monoisotopic (exact) mass is 451 g/mol. The summed E-state index contributed by atoms with van der Waals surface area (Å²) in [5.74, 6) is -4.52. The number of esters is 1. The van der Waals surface area contributed by atoms with Gasteiger partial charge >= 0.3 is 5.97 Å². The van der Waals surface area contributed by atoms with Gasteiger partial charge in [-0.3, -0.25) is 14.5 Å². The van der Waals surface area contributed by atoms with Crippen LogP contribution in [0, 0.1) is 11.8 Å². The number of allylic oxidation sites excluding steroid dienone is 2. The fraction of sp³-hybridized carbons (Fsp3) is 0.615. The molecule has 2 bridgehead atoms. The van der Waals surface area contributed by atoms with Gasteiger partial charge in [0.25, 0.3) is 0 Å². The van der Waals surface area contributed by atoms with E-state index in [2.05, 4.69) is 0 Å². The number of ether oxygens (including phenoxy) is 1. The third-order valence-corrected chi connectivity index (χ3v) is 9.42. The van der Waals surface area contributed by atoms with Crippen molar-refractivity contribution in [3.05, 3.63) is 10.1 Å². The van der Waals surface area contributed by atoms with E-state index in [1.807, 2.05) is 0 Å². The molecule has 5 nitrogen and oxygen atoms in total. The molecule has 11 heteroatoms. The Morgan fingerprint density at radius 3 is 1.75 bits per heavy atom. The highest BCUT2D eigenvalue weighted by molar-refractivity contribution is 6.66. The zero-order valence-electron chi connectivity index (χ0n) is 11.5. The molecule has 2 saturated heterocycles. The Morgan fingerprint density at radius 2 is 1.38 bits per heavy atom. The summed E-state index contributed by atoms with van der Waals surface area (Å²) in [7, 11) is 0. The predicted molar refractivity (Wildman–Crippen MR) is 88.5 cm³/mol. The molecule has 2 aliphatic heterocycles. The smallest absolute Gasteiger partial charge is 0.329 e. The average molecular weight is 454 g/mol. The number of nitrogens with zero attached hydrogens (tertiary/aromatic N) is 1. The van der Waals surface area contributed by atoms with Gasteiger partial charge in [-0.05, 0) is 0 Å². The molecule has 24 heavy (non-hydrogen) atoms. The van der Waals surface area contributed by atoms with E-state index in [-0.39, 0.29) is 23.1 Å². The number of imide groups is 1. The van der Waals surface area contributed by atoms with E-state index in [0.29, 0.717) is 0 Å². The van der Waals surface area contributed by atoms with Crippen molar-refractivity contribution in [2.45, 2.75) is 26.5 Å². The van der Waals surface area contributed by atoms with Crippen molar-refractivity contribution < 1.29 is 19.1 Å². The Hall–Kier alpha value is 0.0900. The maximum absolute atomic E-state index is 12.9. The molecule has 3 fully saturated rings. The molecule has 0 aromatic heterocycles. The Bertz CT molecular complexity index is 707. The lowest BCUT2D eigenvalue weighted by Gasteiger charge is -2.35. The Morgan fingerprint density at radius 1 is 0.917 bits per heavy atom. The summed E-state index contributed by atoms with van der Waals surface area (Å²) in [5.41, 5.74) is 0. The highest BCUT2D eigenvalue weighted by Crippen LogP contribution is 2.77. The van der Waals surface area contributed by atoms with Gasteiger partial charge in [0.1, 0.15) is 15.8 Å². The van der Waals surface area contributed by atoms with Crippen molar-refractivity contribution in [3.63, 3.8) is 0 Å². The number of hydrogen-bond acceptors (Lipinski definition) is 4. The van der Waals surface area contributed by atoms with Crippen LogP contribution in [0.15, 0.2) is 10.1 Å². The van der Waals surface area contributed by atoms with Gasteiger partial charge in [0.15, 0.2) is 4.33 Å². The standard InChI is InChI=1S/C13H7Cl6NO4/c14-6-7(15)12(17)5-4(11(6,16)13(12,18)19)8(21)20(9(5)22)3-1-2-24-10(3)23/h3-5H,1-2H2. The number of alkyl halides is 4. The van der Waals surface area contributed by atoms with Crippen molar-refractivity contribution in [2.24, 2.45) is 11.8 Å². The molecule has 5 atom stereocenters. The third kappa shape index (κ3) is 1.53. The molecule has 0 spiro atoms. The first kappa shape index (κ1) is 17.5. The number of fused-ring (bicyclic) bond motifs is 5. The van der Waals surface area contributed by atoms with E-state index in [4.69, 9.17) is 74.3 Å². The lowest BCUT2D eigenvalue weighted by Crippen LogP contribution is -2.52. The van der Waals surface area contributed by atoms with Gasteiger partial charge in [0.2, 0.25) is 11.8 Å². The van der Waals surface area contributed by atoms with Crippen LogP contribution >= 0.6 is 69.6 Å². The first-order chi connectivity index (χ1) is 11.0. The highest BCUT2D eigenvalue weighted by Gasteiger charge is 2.87. The molecule has 0 radical (unpaired) electrons. The largest absolute Gasteiger partial charge is 0.464 e. The molecular weight excluding hydrogens is 447 g/mol. The van der Waals surface area contributed by atoms with Gasteiger partial charge in [-0.1, -0.05) is 46.4 Å². The number of amides is 2. The second-order valence-electron chi connectivity index (χ2n) is 6.10. The summed E-state index contributed by atoms with van der Waals surface area (Å²) in [6, 6.07) is -1.02. The first-order valence-corrected chi connectivity index (χ1v) is 9.15. The van der Waals surface area contributed by atoms with Gasteiger partial charge in [-0.15, -0.1) is 23.2 Å². The second kappa shape index (κ2) is 4.87. The summed E-state index contributed by atoms with van der Waals surface area (Å²) in [6.07, 6.45) is 0.197. The van der Waals surface area contributed by atoms with E-state index in [9.17, 15) is 14.4 Å². The number of rotatable bonds is 1. The molecular formula is C13H7Cl6NO4. The van der Waals surface area contributed by atoms with Crippen LogP contribution in [0.2, 0.25) is 0 Å². The van der Waals surface area contributed by atoms with Gasteiger partial charge in [-0.2, -0.15) is 0 Å². The summed E-state index contributed by atoms with van der Waals surface area (Å²) in [4.78, 5) is 34.8. The molecule has 130 valence electrons. The molecule has 2 amide bonds. The normalized spacial score (nSPS) is 46.2. The van der Waals surface area contributed by atoms with Crippen LogP contribution in [-0.2, 0) is 19.1 Å². The van der Waals surface area contributed by atoms with Crippen LogP contribution in [-0.4, -0.2) is 49.4 Å². The van der Waals surface area contributed by atoms with Crippen molar-refractivity contribution in [1.29, 1.82) is 0 Å². The van der Waals surface area contributed by atoms with E-state index in [1.54, 1.807) is 0 Å². The molecule has 2 aliphatic carbocycles. The lowest BCUT2D eigenvalue weighted by atomic mass is 9.84. The molecule has 4 aliphatic rings. The van der Waals surface area contributed by atoms with E-state index < -0.39 is 49.7 Å². The van der Waals surface area contributed by atoms with Crippen LogP contribution in [0.3, 0.4) is 0 Å². The molecule has 1 saturated carbocycles. The molecule has 0 N–H and O–H groups in total. The van der Waals surface area contributed by atoms with Crippen LogP contribution in [0.4, 0.5) is 0 Å². The van der Waals surface area contributed by atoms with Crippen LogP contribution < -0.4 is 0 Å². The highest BCUT2D eigenvalue weighted by atomic mass is 35.5. The van der Waals surface area contributed by atoms with Crippen molar-refractivity contribution in [3.8, 4) is 0 Å². The number of hydrogen-bond donors (Lipinski definition) is 0. The second-order valence-corrected chi connectivity index (χ2v) is 9.38. The summed E-state index contributed by atoms with van der Waals surface area (Å²) >= 11 is 38.2. The average Bonchev–Trinajstić information content (AvgIpc) is 3.10. The molecule has 0 aromatic carbocycles. The molecule has 4 rings (SSSR count). The number of carbonyl (C=O) groups is 3. The quantitative estimate of drug-likeness (QED) is 0.348. The minimum atomic E-state index is -1.97. The lowest BCUT2D eigenvalue weighted by molar-refractivity contribution is -0.153. The Kier molecular flexibility index (Phi) is 3.55. The summed E-state index contributed by atoms with van der Waals surface area (Å²) < 4.78 is 2.86. The number of cyclic esters (lactones) is 1. The Balaban J connectivity index is 1.88. The van der Waals surface area contributed by atoms with Gasteiger partial charge in [0.05, 0.1) is 28.5 Å². The summed E-state index contributed by atoms with van der Waals surface area (Å²) in [5, 5.41) is -0.326. The number of halogens is 6. The third-order valence-electron chi connectivity index (χ3n) is 5.16. The molecule has 2 heterocycles. The predicted octanol–water partition coefficient (Wildman–Crippen LogP) is 2.75. The summed E-state index contributed by atoms with van der Waals surface area (Å²) in [6.45, 7) is 0.114. The minimum Gasteiger partial charge on any atom is -0.464 e. The van der Waals surface area contributed by atoms with Crippen LogP contribution in [0.5, 0.6) is 0 Å². The zero-order valence-corrected chi connectivity index (χ0v) is 16.0. The van der Waals surface area contributed by atoms with Crippen LogP contribution in [0.25, 0.3) is 0 Å². The molecule has 0 aromatic rings. The number of likely N-dealkylation sites (tertiary alicyclic amines) is 1. The topological polar surface area (TPSA) is 63.7 Å². The number of carbonyl (C=O) groups excluding carboxylic acids is 3. The SMILES string of the molecule is O=C1OCCC1N1C(=O)C2C(C1=O)C1(Cl)C(Cl)=C(Cl)C2(Cl)C1(Cl)Cl. The van der Waals surface area contributed by atoms with Crippen molar-refractivity contribution in [1.82, 2.24) is 4.90 Å². The van der Waals surface area contributed by atoms with Crippen LogP contribution in [0.1, 0.15) is 6.42 Å². The van der Waals surface area contributed by atoms with Gasteiger partial charge < -0.3 is 4.74 Å². The fourth-order valence-electron chi connectivity index (χ4n) is 4.04. The van der Waals surface area contributed by atoms with Crippen molar-refractivity contribution in [2.75, 3.05) is 6.61 Å². The van der Waals surface area contributed by atoms with E-state index >= 15 is 0 Å². The van der Waals surface area contributed by atoms with Gasteiger partial charge in [0, 0.05) is 6.42 Å². The van der Waals surface area contributed by atoms with E-state index in [0.717, 1.165) is 4.90 Å². The van der Waals surface area contributed by atoms with Crippen molar-refractivity contribution >= 4 is 87.4 Å². The Labute approximate surface area is 166 Å². The van der Waals surface area contributed by atoms with E-state index in [1.165, 1.54) is 0 Å². The molecule has 5 unspecified atom stereocenters. The maximum atomic E-state index is 12.9. The zero-order chi connectivity index (χ0) is 17.8. The fourth-order valence-corrected chi connectivity index (χ4v) is 6.97. The minimum absolute atomic E-state index is 0.114. The first-order valence-electron chi connectivity index (χ1n) is 6.88. The maximum Gasteiger partial charge on any atom is 0.329 e. The van der Waals surface area contributed by atoms with Gasteiger partial charge in [-0.25, -0.2) is 4.79 Å².